The summed E-state index contributed by atoms with van der Waals surface area (Å²) >= 11 is 12.8. The van der Waals surface area contributed by atoms with Crippen LogP contribution in [0, 0.1) is 0 Å². The van der Waals surface area contributed by atoms with E-state index in [1.165, 1.54) is 0 Å². The molecular weight excluding hydrogens is 292 g/mol. The predicted octanol–water partition coefficient (Wildman–Crippen LogP) is 2.39. The summed E-state index contributed by atoms with van der Waals surface area (Å²) < 4.78 is 0. The summed E-state index contributed by atoms with van der Waals surface area (Å²) in [5, 5.41) is 17.0. The average molecular weight is 312 g/mol. The molecule has 0 bridgehead atoms. The molecule has 0 aliphatic heterocycles. The maximum atomic E-state index is 10.4. The van der Waals surface area contributed by atoms with Gasteiger partial charge in [0.05, 0.1) is 12.8 Å². The second kappa shape index (κ2) is 9.86. The van der Waals surface area contributed by atoms with Gasteiger partial charge in [-0.15, -0.1) is 0 Å². The number of carboxylic acids is 2. The van der Waals surface area contributed by atoms with Crippen LogP contribution in [0.25, 0.3) is 0 Å². The maximum absolute atomic E-state index is 10.4. The minimum atomic E-state index is -0.845. The molecule has 0 aliphatic rings. The van der Waals surface area contributed by atoms with E-state index in [9.17, 15) is 9.59 Å². The van der Waals surface area contributed by atoms with Gasteiger partial charge in [0.25, 0.3) is 0 Å². The van der Waals surface area contributed by atoms with Gasteiger partial charge in [0.1, 0.15) is 0 Å². The predicted molar refractivity (Wildman–Crippen MR) is 81.3 cm³/mol. The van der Waals surface area contributed by atoms with Gasteiger partial charge in [-0.3, -0.25) is 9.59 Å². The number of rotatable bonds is 10. The van der Waals surface area contributed by atoms with Crippen molar-refractivity contribution < 1.29 is 19.8 Å². The highest BCUT2D eigenvalue weighted by atomic mass is 32.1. The van der Waals surface area contributed by atoms with Crippen molar-refractivity contribution in [2.75, 3.05) is 0 Å². The summed E-state index contributed by atoms with van der Waals surface area (Å²) in [6.07, 6.45) is 3.05. The fourth-order valence-electron chi connectivity index (χ4n) is 1.52. The van der Waals surface area contributed by atoms with Crippen LogP contribution < -0.4 is 0 Å². The molecule has 0 aromatic heterocycles. The van der Waals surface area contributed by atoms with Gasteiger partial charge < -0.3 is 10.2 Å². The fraction of sp³-hybridized carbons (Fsp3) is 0.818. The minimum Gasteiger partial charge on any atom is -0.481 e. The van der Waals surface area contributed by atoms with E-state index in [0.29, 0.717) is 12.8 Å². The maximum Gasteiger partial charge on any atom is 0.304 e. The lowest BCUT2D eigenvalue weighted by atomic mass is 10.1. The van der Waals surface area contributed by atoms with Crippen molar-refractivity contribution in [2.24, 2.45) is 0 Å². The molecule has 0 saturated carbocycles. The highest BCUT2D eigenvalue weighted by Gasteiger charge is 2.14. The van der Waals surface area contributed by atoms with Crippen molar-refractivity contribution in [1.29, 1.82) is 0 Å². The van der Waals surface area contributed by atoms with E-state index in [2.05, 4.69) is 37.9 Å². The van der Waals surface area contributed by atoms with Crippen molar-refractivity contribution in [3.8, 4) is 0 Å². The minimum absolute atomic E-state index is 0.0534. The van der Waals surface area contributed by atoms with Crippen LogP contribution in [0.1, 0.15) is 38.5 Å². The molecule has 0 fully saturated rings. The Morgan fingerprint density at radius 3 is 1.28 bits per heavy atom. The molecule has 7 heteroatoms. The molecule has 0 radical (unpaired) electrons. The highest BCUT2D eigenvalue weighted by molar-refractivity contribution is 7.81. The van der Waals surface area contributed by atoms with Crippen LogP contribution in [-0.4, -0.2) is 37.9 Å². The summed E-state index contributed by atoms with van der Waals surface area (Å²) in [7, 11) is 0. The van der Waals surface area contributed by atoms with Gasteiger partial charge in [-0.05, 0) is 25.7 Å². The van der Waals surface area contributed by atoms with E-state index in [0.717, 1.165) is 12.8 Å². The van der Waals surface area contributed by atoms with Crippen LogP contribution in [0.5, 0.6) is 0 Å². The first-order valence-corrected chi connectivity index (χ1v) is 7.34. The Labute approximate surface area is 124 Å². The first kappa shape index (κ1) is 18.0. The molecule has 0 spiro atoms. The van der Waals surface area contributed by atoms with Crippen LogP contribution in [0.2, 0.25) is 0 Å². The summed E-state index contributed by atoms with van der Waals surface area (Å²) in [6, 6.07) is 0. The largest absolute Gasteiger partial charge is 0.481 e. The molecule has 0 aliphatic carbocycles. The molecule has 2 N–H and O–H groups in total. The Morgan fingerprint density at radius 1 is 0.722 bits per heavy atom. The topological polar surface area (TPSA) is 74.6 Å². The molecule has 0 aromatic carbocycles. The zero-order chi connectivity index (χ0) is 14.1. The van der Waals surface area contributed by atoms with Crippen molar-refractivity contribution in [3.63, 3.8) is 0 Å². The van der Waals surface area contributed by atoms with E-state index in [4.69, 9.17) is 10.2 Å². The summed E-state index contributed by atoms with van der Waals surface area (Å²) in [5.41, 5.74) is 0. The normalized spacial score (nSPS) is 15.9. The van der Waals surface area contributed by atoms with Gasteiger partial charge in [-0.1, -0.05) is 0 Å². The third kappa shape index (κ3) is 11.1. The lowest BCUT2D eigenvalue weighted by Gasteiger charge is -2.15. The van der Waals surface area contributed by atoms with Crippen molar-refractivity contribution in [2.45, 2.75) is 54.3 Å². The number of hydrogen-bond acceptors (Lipinski definition) is 5. The van der Waals surface area contributed by atoms with Gasteiger partial charge >= 0.3 is 11.9 Å². The van der Waals surface area contributed by atoms with Gasteiger partial charge in [0.2, 0.25) is 0 Å². The average Bonchev–Trinajstić information content (AvgIpc) is 2.21. The van der Waals surface area contributed by atoms with Crippen LogP contribution >= 0.6 is 37.9 Å². The Hall–Kier alpha value is -0.0100. The molecule has 0 heterocycles. The number of carboxylic acid groups (broad SMARTS) is 2. The molecule has 106 valence electrons. The summed E-state index contributed by atoms with van der Waals surface area (Å²) in [4.78, 5) is 20.9. The number of thiol groups is 3. The van der Waals surface area contributed by atoms with Crippen LogP contribution in [0.15, 0.2) is 0 Å². The monoisotopic (exact) mass is 312 g/mol. The Bertz CT molecular complexity index is 247. The third-order valence-electron chi connectivity index (χ3n) is 2.49. The van der Waals surface area contributed by atoms with E-state index in [1.54, 1.807) is 0 Å². The first-order chi connectivity index (χ1) is 8.31. The lowest BCUT2D eigenvalue weighted by Crippen LogP contribution is -2.12. The number of carbonyl (C=O) groups is 2. The molecule has 2 atom stereocenters. The molecular formula is C11H20O4S3. The fourth-order valence-corrected chi connectivity index (χ4v) is 2.43. The third-order valence-corrected chi connectivity index (χ3v) is 3.88. The van der Waals surface area contributed by atoms with Crippen LogP contribution in [0.3, 0.4) is 0 Å². The van der Waals surface area contributed by atoms with Gasteiger partial charge in [0, 0.05) is 15.7 Å². The van der Waals surface area contributed by atoms with Crippen molar-refractivity contribution >= 4 is 49.8 Å². The first-order valence-electron chi connectivity index (χ1n) is 5.79. The van der Waals surface area contributed by atoms with E-state index < -0.39 is 11.9 Å². The molecule has 4 nitrogen and oxygen atoms in total. The number of aliphatic carboxylic acids is 2. The zero-order valence-corrected chi connectivity index (χ0v) is 12.7. The number of hydrogen-bond donors (Lipinski definition) is 5. The molecule has 0 saturated heterocycles. The van der Waals surface area contributed by atoms with Crippen molar-refractivity contribution in [3.05, 3.63) is 0 Å². The van der Waals surface area contributed by atoms with Gasteiger partial charge in [-0.25, -0.2) is 0 Å². The SMILES string of the molecule is O=C(O)CC(S)CCC(S)CCC(S)CC(=O)O. The van der Waals surface area contributed by atoms with Crippen LogP contribution in [0.4, 0.5) is 0 Å². The zero-order valence-electron chi connectivity index (χ0n) is 10.0. The van der Waals surface area contributed by atoms with Crippen LogP contribution in [-0.2, 0) is 9.59 Å². The molecule has 0 rings (SSSR count). The molecule has 2 unspecified atom stereocenters. The van der Waals surface area contributed by atoms with Crippen molar-refractivity contribution in [1.82, 2.24) is 0 Å². The standard InChI is InChI=1S/C11H20O4S3/c12-10(13)5-8(17)3-1-7(16)2-4-9(18)6-11(14)15/h7-9,16-18H,1-6H2,(H,12,13)(H,14,15). The van der Waals surface area contributed by atoms with E-state index in [1.807, 2.05) is 0 Å². The summed E-state index contributed by atoms with van der Waals surface area (Å²) in [5.74, 6) is -1.69. The molecule has 0 aromatic rings. The van der Waals surface area contributed by atoms with Gasteiger partial charge in [-0.2, -0.15) is 37.9 Å². The Kier molecular flexibility index (Phi) is 9.85. The second-order valence-corrected chi connectivity index (χ2v) is 6.50. The second-order valence-electron chi connectivity index (χ2n) is 4.31. The Morgan fingerprint density at radius 2 is 1.00 bits per heavy atom. The van der Waals surface area contributed by atoms with E-state index in [-0.39, 0.29) is 28.6 Å². The molecule has 18 heavy (non-hydrogen) atoms. The van der Waals surface area contributed by atoms with E-state index >= 15 is 0 Å². The smallest absolute Gasteiger partial charge is 0.304 e. The molecule has 0 amide bonds. The summed E-state index contributed by atoms with van der Waals surface area (Å²) in [6.45, 7) is 0. The highest BCUT2D eigenvalue weighted by Crippen LogP contribution is 2.20. The lowest BCUT2D eigenvalue weighted by molar-refractivity contribution is -0.138. The quantitative estimate of drug-likeness (QED) is 0.402. The van der Waals surface area contributed by atoms with Gasteiger partial charge in [0.15, 0.2) is 0 Å². The Balaban J connectivity index is 3.67.